The second-order valence-corrected chi connectivity index (χ2v) is 6.40. The van der Waals surface area contributed by atoms with Crippen LogP contribution in [-0.4, -0.2) is 18.1 Å². The maximum atomic E-state index is 13.9. The number of hydrogen-bond donors (Lipinski definition) is 0. The standard InChI is InChI=1S/C22H17F4NO3/c1-29-21(28)11-14-5-7-15(8-6-14)19-3-2-4-20(27-19)30-13-16-9-10-17(12-18(16)23)22(24,25)26/h2-10,12H,11,13H2,1H3. The molecule has 0 atom stereocenters. The summed E-state index contributed by atoms with van der Waals surface area (Å²) in [6.07, 6.45) is -4.45. The normalized spacial score (nSPS) is 11.2. The number of esters is 1. The predicted octanol–water partition coefficient (Wildman–Crippen LogP) is 5.20. The van der Waals surface area contributed by atoms with Gasteiger partial charge >= 0.3 is 12.1 Å². The van der Waals surface area contributed by atoms with Gasteiger partial charge in [-0.3, -0.25) is 4.79 Å². The first-order valence-corrected chi connectivity index (χ1v) is 8.88. The molecule has 0 unspecified atom stereocenters. The molecular formula is C22H17F4NO3. The molecule has 2 aromatic carbocycles. The van der Waals surface area contributed by atoms with Crippen LogP contribution < -0.4 is 4.74 Å². The van der Waals surface area contributed by atoms with Crippen molar-refractivity contribution in [1.82, 2.24) is 4.98 Å². The molecule has 0 fully saturated rings. The third-order valence-electron chi connectivity index (χ3n) is 4.31. The molecule has 1 heterocycles. The molecule has 8 heteroatoms. The highest BCUT2D eigenvalue weighted by atomic mass is 19.4. The van der Waals surface area contributed by atoms with E-state index in [9.17, 15) is 22.4 Å². The summed E-state index contributed by atoms with van der Waals surface area (Å²) in [5.41, 5.74) is 1.08. The van der Waals surface area contributed by atoms with E-state index in [1.54, 1.807) is 42.5 Å². The Hall–Kier alpha value is -3.42. The van der Waals surface area contributed by atoms with Crippen LogP contribution in [0.2, 0.25) is 0 Å². The molecule has 4 nitrogen and oxygen atoms in total. The van der Waals surface area contributed by atoms with Crippen LogP contribution in [0.3, 0.4) is 0 Å². The summed E-state index contributed by atoms with van der Waals surface area (Å²) in [7, 11) is 1.32. The van der Waals surface area contributed by atoms with Crippen molar-refractivity contribution in [1.29, 1.82) is 0 Å². The Morgan fingerprint density at radius 1 is 1.03 bits per heavy atom. The van der Waals surface area contributed by atoms with Crippen LogP contribution >= 0.6 is 0 Å². The van der Waals surface area contributed by atoms with Crippen molar-refractivity contribution in [2.75, 3.05) is 7.11 Å². The topological polar surface area (TPSA) is 48.4 Å². The lowest BCUT2D eigenvalue weighted by molar-refractivity contribution is -0.140. The van der Waals surface area contributed by atoms with Crippen LogP contribution in [0, 0.1) is 5.82 Å². The van der Waals surface area contributed by atoms with E-state index in [2.05, 4.69) is 9.72 Å². The Kier molecular flexibility index (Phi) is 6.34. The van der Waals surface area contributed by atoms with Crippen molar-refractivity contribution in [3.63, 3.8) is 0 Å². The highest BCUT2D eigenvalue weighted by Crippen LogP contribution is 2.30. The molecule has 0 saturated heterocycles. The number of benzene rings is 2. The summed E-state index contributed by atoms with van der Waals surface area (Å²) >= 11 is 0. The average molecular weight is 419 g/mol. The number of rotatable bonds is 6. The minimum atomic E-state index is -4.61. The first kappa shape index (κ1) is 21.3. The maximum absolute atomic E-state index is 13.9. The van der Waals surface area contributed by atoms with Crippen molar-refractivity contribution >= 4 is 5.97 Å². The number of carbonyl (C=O) groups is 1. The van der Waals surface area contributed by atoms with Gasteiger partial charge in [0.15, 0.2) is 0 Å². The van der Waals surface area contributed by atoms with Crippen LogP contribution in [0.15, 0.2) is 60.7 Å². The molecule has 0 bridgehead atoms. The van der Waals surface area contributed by atoms with Gasteiger partial charge in [0.25, 0.3) is 0 Å². The second-order valence-electron chi connectivity index (χ2n) is 6.40. The molecule has 0 aliphatic carbocycles. The highest BCUT2D eigenvalue weighted by molar-refractivity contribution is 5.72. The predicted molar refractivity (Wildman–Crippen MR) is 101 cm³/mol. The first-order valence-electron chi connectivity index (χ1n) is 8.88. The number of alkyl halides is 3. The third kappa shape index (κ3) is 5.34. The number of pyridine rings is 1. The van der Waals surface area contributed by atoms with E-state index >= 15 is 0 Å². The van der Waals surface area contributed by atoms with E-state index < -0.39 is 17.6 Å². The summed E-state index contributed by atoms with van der Waals surface area (Å²) < 4.78 is 61.9. The van der Waals surface area contributed by atoms with Gasteiger partial charge in [0.05, 0.1) is 24.8 Å². The van der Waals surface area contributed by atoms with Gasteiger partial charge in [-0.1, -0.05) is 36.4 Å². The fourth-order valence-corrected chi connectivity index (χ4v) is 2.68. The van der Waals surface area contributed by atoms with E-state index in [-0.39, 0.29) is 30.4 Å². The summed E-state index contributed by atoms with van der Waals surface area (Å²) in [5, 5.41) is 0. The number of methoxy groups -OCH3 is 1. The maximum Gasteiger partial charge on any atom is 0.416 e. The van der Waals surface area contributed by atoms with Crippen LogP contribution in [0.5, 0.6) is 5.88 Å². The number of hydrogen-bond acceptors (Lipinski definition) is 4. The highest BCUT2D eigenvalue weighted by Gasteiger charge is 2.31. The molecule has 1 aromatic heterocycles. The molecule has 156 valence electrons. The molecule has 0 aliphatic heterocycles. The lowest BCUT2D eigenvalue weighted by Gasteiger charge is -2.11. The lowest BCUT2D eigenvalue weighted by Crippen LogP contribution is -2.07. The Morgan fingerprint density at radius 2 is 1.77 bits per heavy atom. The molecule has 0 spiro atoms. The van der Waals surface area contributed by atoms with Gasteiger partial charge < -0.3 is 9.47 Å². The number of ether oxygens (including phenoxy) is 2. The summed E-state index contributed by atoms with van der Waals surface area (Å²) in [6.45, 7) is -0.265. The smallest absolute Gasteiger partial charge is 0.416 e. The van der Waals surface area contributed by atoms with Crippen molar-refractivity contribution in [3.05, 3.63) is 83.2 Å². The summed E-state index contributed by atoms with van der Waals surface area (Å²) in [6, 6.07) is 14.4. The zero-order chi connectivity index (χ0) is 21.7. The van der Waals surface area contributed by atoms with Gasteiger partial charge in [-0.15, -0.1) is 0 Å². The fourth-order valence-electron chi connectivity index (χ4n) is 2.68. The Labute approximate surface area is 170 Å². The monoisotopic (exact) mass is 419 g/mol. The fraction of sp³-hybridized carbons (Fsp3) is 0.182. The van der Waals surface area contributed by atoms with Gasteiger partial charge in [0.2, 0.25) is 5.88 Å². The van der Waals surface area contributed by atoms with Crippen LogP contribution in [0.1, 0.15) is 16.7 Å². The van der Waals surface area contributed by atoms with Gasteiger partial charge in [0.1, 0.15) is 12.4 Å². The van der Waals surface area contributed by atoms with E-state index in [0.29, 0.717) is 11.8 Å². The number of aromatic nitrogens is 1. The number of carbonyl (C=O) groups excluding carboxylic acids is 1. The Morgan fingerprint density at radius 3 is 2.40 bits per heavy atom. The Balaban J connectivity index is 1.70. The van der Waals surface area contributed by atoms with Crippen molar-refractivity contribution in [2.45, 2.75) is 19.2 Å². The van der Waals surface area contributed by atoms with Crippen molar-refractivity contribution in [2.24, 2.45) is 0 Å². The summed E-state index contributed by atoms with van der Waals surface area (Å²) in [4.78, 5) is 15.7. The molecule has 3 rings (SSSR count). The average Bonchev–Trinajstić information content (AvgIpc) is 2.73. The minimum absolute atomic E-state index is 0.0117. The third-order valence-corrected chi connectivity index (χ3v) is 4.31. The Bertz CT molecular complexity index is 1030. The summed E-state index contributed by atoms with van der Waals surface area (Å²) in [5.74, 6) is -1.14. The molecule has 0 aliphatic rings. The molecule has 3 aromatic rings. The lowest BCUT2D eigenvalue weighted by atomic mass is 10.1. The molecule has 0 saturated carbocycles. The minimum Gasteiger partial charge on any atom is -0.473 e. The SMILES string of the molecule is COC(=O)Cc1ccc(-c2cccc(OCc3ccc(C(F)(F)F)cc3F)n2)cc1. The van der Waals surface area contributed by atoms with Gasteiger partial charge in [-0.05, 0) is 23.8 Å². The van der Waals surface area contributed by atoms with E-state index in [0.717, 1.165) is 23.3 Å². The molecule has 0 radical (unpaired) electrons. The quantitative estimate of drug-likeness (QED) is 0.407. The zero-order valence-electron chi connectivity index (χ0n) is 15.9. The van der Waals surface area contributed by atoms with Crippen LogP contribution in [0.4, 0.5) is 17.6 Å². The second kappa shape index (κ2) is 8.94. The number of halogens is 4. The molecule has 30 heavy (non-hydrogen) atoms. The van der Waals surface area contributed by atoms with Crippen molar-refractivity contribution < 1.29 is 31.8 Å². The van der Waals surface area contributed by atoms with Crippen LogP contribution in [0.25, 0.3) is 11.3 Å². The van der Waals surface area contributed by atoms with E-state index in [4.69, 9.17) is 4.74 Å². The van der Waals surface area contributed by atoms with E-state index in [1.807, 2.05) is 0 Å². The van der Waals surface area contributed by atoms with Crippen molar-refractivity contribution in [3.8, 4) is 17.1 Å². The van der Waals surface area contributed by atoms with Crippen LogP contribution in [-0.2, 0) is 28.7 Å². The molecule has 0 N–H and O–H groups in total. The van der Waals surface area contributed by atoms with Gasteiger partial charge in [-0.2, -0.15) is 13.2 Å². The first-order chi connectivity index (χ1) is 14.3. The number of nitrogens with zero attached hydrogens (tertiary/aromatic N) is 1. The van der Waals surface area contributed by atoms with E-state index in [1.165, 1.54) is 7.11 Å². The van der Waals surface area contributed by atoms with Gasteiger partial charge in [0, 0.05) is 17.2 Å². The molecule has 0 amide bonds. The molecular weight excluding hydrogens is 402 g/mol. The zero-order valence-corrected chi connectivity index (χ0v) is 15.9. The largest absolute Gasteiger partial charge is 0.473 e. The van der Waals surface area contributed by atoms with Gasteiger partial charge in [-0.25, -0.2) is 9.37 Å².